The van der Waals surface area contributed by atoms with Crippen LogP contribution in [0.1, 0.15) is 25.7 Å². The van der Waals surface area contributed by atoms with E-state index in [9.17, 15) is 27.6 Å². The first-order valence-corrected chi connectivity index (χ1v) is 9.49. The number of nitrogens with zero attached hydrogens (tertiary/aromatic N) is 3. The maximum atomic E-state index is 11.9. The van der Waals surface area contributed by atoms with Gasteiger partial charge in [0, 0.05) is 20.6 Å². The highest BCUT2D eigenvalue weighted by atomic mass is 32.2. The first kappa shape index (κ1) is 20.8. The van der Waals surface area contributed by atoms with Crippen molar-refractivity contribution in [1.82, 2.24) is 19.1 Å². The Morgan fingerprint density at radius 3 is 2.00 bits per heavy atom. The topological polar surface area (TPSA) is 155 Å². The number of aromatic nitrogens is 3. The van der Waals surface area contributed by atoms with Crippen molar-refractivity contribution in [3.05, 3.63) is 31.5 Å². The number of unbranched alkanes of at least 4 members (excludes halogenated alkanes) is 3. The molecule has 25 heavy (non-hydrogen) atoms. The van der Waals surface area contributed by atoms with Gasteiger partial charge >= 0.3 is 17.1 Å². The molecule has 1 aromatic rings. The molecule has 0 atom stereocenters. The third-order valence-corrected chi connectivity index (χ3v) is 5.32. The maximum absolute atomic E-state index is 11.9. The first-order chi connectivity index (χ1) is 11.6. The summed E-state index contributed by atoms with van der Waals surface area (Å²) in [7, 11) is -0.911. The Morgan fingerprint density at radius 1 is 0.960 bits per heavy atom. The molecule has 0 bridgehead atoms. The van der Waals surface area contributed by atoms with Gasteiger partial charge in [-0.05, 0) is 12.8 Å². The Balaban J connectivity index is 2.51. The fourth-order valence-electron chi connectivity index (χ4n) is 2.28. The standard InChI is InChI=1S/C13H23N5O6S/c1-16-11(20)17(2)13(22)18(12(16)21)7-5-3-4-6-8-25(23,24)9-10(19)15-14/h3-9,14H2,1-2H3,(H,15,19). The SMILES string of the molecule is Cn1c(=O)n(C)c(=O)n(CCCCCCS(=O)(=O)CC(=O)NN)c1=O. The van der Waals surface area contributed by atoms with Gasteiger partial charge < -0.3 is 0 Å². The molecule has 1 heterocycles. The summed E-state index contributed by atoms with van der Waals surface area (Å²) in [6, 6.07) is 0. The Bertz CT molecular complexity index is 855. The predicted octanol–water partition coefficient (Wildman–Crippen LogP) is -2.79. The monoisotopic (exact) mass is 377 g/mol. The van der Waals surface area contributed by atoms with E-state index >= 15 is 0 Å². The second-order valence-electron chi connectivity index (χ2n) is 5.69. The van der Waals surface area contributed by atoms with Crippen LogP contribution in [-0.2, 0) is 35.3 Å². The van der Waals surface area contributed by atoms with Crippen LogP contribution in [0.5, 0.6) is 0 Å². The smallest absolute Gasteiger partial charge is 0.293 e. The normalized spacial score (nSPS) is 11.5. The summed E-state index contributed by atoms with van der Waals surface area (Å²) in [6.07, 6.45) is 2.00. The fraction of sp³-hybridized carbons (Fsp3) is 0.692. The summed E-state index contributed by atoms with van der Waals surface area (Å²) < 4.78 is 25.9. The second-order valence-corrected chi connectivity index (χ2v) is 7.88. The lowest BCUT2D eigenvalue weighted by Crippen LogP contribution is -2.52. The number of carbonyl (C=O) groups is 1. The van der Waals surface area contributed by atoms with Gasteiger partial charge in [-0.2, -0.15) is 0 Å². The van der Waals surface area contributed by atoms with Crippen molar-refractivity contribution < 1.29 is 13.2 Å². The molecule has 0 spiro atoms. The molecular weight excluding hydrogens is 354 g/mol. The molecule has 0 radical (unpaired) electrons. The largest absolute Gasteiger partial charge is 0.336 e. The van der Waals surface area contributed by atoms with Gasteiger partial charge in [-0.1, -0.05) is 12.8 Å². The molecule has 1 aromatic heterocycles. The van der Waals surface area contributed by atoms with Gasteiger partial charge in [-0.25, -0.2) is 42.3 Å². The molecular formula is C13H23N5O6S. The Morgan fingerprint density at radius 2 is 1.48 bits per heavy atom. The Labute approximate surface area is 144 Å². The van der Waals surface area contributed by atoms with Crippen LogP contribution < -0.4 is 28.3 Å². The van der Waals surface area contributed by atoms with Crippen LogP contribution >= 0.6 is 0 Å². The lowest BCUT2D eigenvalue weighted by atomic mass is 10.2. The first-order valence-electron chi connectivity index (χ1n) is 7.67. The molecule has 0 saturated carbocycles. The van der Waals surface area contributed by atoms with Crippen LogP contribution in [0.4, 0.5) is 0 Å². The van der Waals surface area contributed by atoms with E-state index in [1.807, 2.05) is 0 Å². The van der Waals surface area contributed by atoms with E-state index in [1.165, 1.54) is 14.1 Å². The molecule has 0 aliphatic rings. The highest BCUT2D eigenvalue weighted by molar-refractivity contribution is 7.92. The van der Waals surface area contributed by atoms with Crippen molar-refractivity contribution in [3.8, 4) is 0 Å². The van der Waals surface area contributed by atoms with Gasteiger partial charge in [0.1, 0.15) is 5.75 Å². The molecule has 0 saturated heterocycles. The van der Waals surface area contributed by atoms with Crippen LogP contribution in [0.2, 0.25) is 0 Å². The quantitative estimate of drug-likeness (QED) is 0.204. The van der Waals surface area contributed by atoms with Crippen LogP contribution in [0.15, 0.2) is 14.4 Å². The van der Waals surface area contributed by atoms with Crippen LogP contribution in [-0.4, -0.2) is 39.5 Å². The third kappa shape index (κ3) is 5.67. The van der Waals surface area contributed by atoms with E-state index in [0.29, 0.717) is 25.7 Å². The van der Waals surface area contributed by atoms with Crippen LogP contribution in [0.25, 0.3) is 0 Å². The second kappa shape index (κ2) is 8.76. The Hall–Kier alpha value is -2.21. The van der Waals surface area contributed by atoms with Gasteiger partial charge in [0.2, 0.25) is 5.91 Å². The zero-order valence-electron chi connectivity index (χ0n) is 14.2. The zero-order chi connectivity index (χ0) is 19.2. The zero-order valence-corrected chi connectivity index (χ0v) is 15.0. The minimum absolute atomic E-state index is 0.137. The van der Waals surface area contributed by atoms with Crippen molar-refractivity contribution in [1.29, 1.82) is 0 Å². The summed E-state index contributed by atoms with van der Waals surface area (Å²) in [5, 5.41) is 0. The van der Waals surface area contributed by atoms with Crippen molar-refractivity contribution in [3.63, 3.8) is 0 Å². The van der Waals surface area contributed by atoms with Crippen molar-refractivity contribution in [2.75, 3.05) is 11.5 Å². The molecule has 11 nitrogen and oxygen atoms in total. The van der Waals surface area contributed by atoms with Gasteiger partial charge in [0.15, 0.2) is 9.84 Å². The van der Waals surface area contributed by atoms with E-state index in [1.54, 1.807) is 5.43 Å². The average molecular weight is 377 g/mol. The number of hydrogen-bond acceptors (Lipinski definition) is 7. The molecule has 1 amide bonds. The summed E-state index contributed by atoms with van der Waals surface area (Å²) in [5.74, 6) is 3.30. The number of nitrogens with two attached hydrogens (primary N) is 1. The number of carbonyl (C=O) groups excluding carboxylic acids is 1. The van der Waals surface area contributed by atoms with E-state index in [-0.39, 0.29) is 12.3 Å². The Kier molecular flexibility index (Phi) is 7.30. The number of rotatable bonds is 9. The molecule has 142 valence electrons. The molecule has 0 aliphatic heterocycles. The maximum Gasteiger partial charge on any atom is 0.336 e. The van der Waals surface area contributed by atoms with Crippen LogP contribution in [0, 0.1) is 0 Å². The lowest BCUT2D eigenvalue weighted by Gasteiger charge is -2.08. The van der Waals surface area contributed by atoms with Gasteiger partial charge in [0.25, 0.3) is 0 Å². The minimum atomic E-state index is -3.50. The van der Waals surface area contributed by atoms with E-state index in [2.05, 4.69) is 0 Å². The highest BCUT2D eigenvalue weighted by Gasteiger charge is 2.15. The fourth-order valence-corrected chi connectivity index (χ4v) is 3.55. The molecule has 1 rings (SSSR count). The van der Waals surface area contributed by atoms with Crippen molar-refractivity contribution in [2.24, 2.45) is 19.9 Å². The van der Waals surface area contributed by atoms with Gasteiger partial charge in [-0.3, -0.25) is 10.2 Å². The highest BCUT2D eigenvalue weighted by Crippen LogP contribution is 2.04. The summed E-state index contributed by atoms with van der Waals surface area (Å²) >= 11 is 0. The van der Waals surface area contributed by atoms with Crippen molar-refractivity contribution in [2.45, 2.75) is 32.2 Å². The summed E-state index contributed by atoms with van der Waals surface area (Å²) in [4.78, 5) is 46.4. The third-order valence-electron chi connectivity index (χ3n) is 3.71. The molecule has 0 aromatic carbocycles. The number of amides is 1. The number of nitrogens with one attached hydrogen (secondary N) is 1. The molecule has 3 N–H and O–H groups in total. The molecule has 0 fully saturated rings. The molecule has 0 aliphatic carbocycles. The molecule has 12 heteroatoms. The van der Waals surface area contributed by atoms with Crippen molar-refractivity contribution >= 4 is 15.7 Å². The summed E-state index contributed by atoms with van der Waals surface area (Å²) in [6.45, 7) is 0.141. The van der Waals surface area contributed by atoms with Crippen LogP contribution in [0.3, 0.4) is 0 Å². The minimum Gasteiger partial charge on any atom is -0.293 e. The lowest BCUT2D eigenvalue weighted by molar-refractivity contribution is -0.118. The van der Waals surface area contributed by atoms with E-state index in [4.69, 9.17) is 5.84 Å². The number of hydrogen-bond donors (Lipinski definition) is 2. The predicted molar refractivity (Wildman–Crippen MR) is 90.6 cm³/mol. The van der Waals surface area contributed by atoms with E-state index in [0.717, 1.165) is 13.7 Å². The number of sulfone groups is 1. The van der Waals surface area contributed by atoms with E-state index < -0.39 is 38.6 Å². The summed E-state index contributed by atoms with van der Waals surface area (Å²) in [5.41, 5.74) is -0.270. The van der Waals surface area contributed by atoms with Gasteiger partial charge in [0.05, 0.1) is 5.75 Å². The van der Waals surface area contributed by atoms with Gasteiger partial charge in [-0.15, -0.1) is 0 Å². The average Bonchev–Trinajstić information content (AvgIpc) is 2.56. The molecule has 0 unspecified atom stereocenters. The number of hydrazine groups is 1.